The van der Waals surface area contributed by atoms with Crippen molar-refractivity contribution in [1.29, 1.82) is 5.26 Å². The Hall–Kier alpha value is -1.40. The van der Waals surface area contributed by atoms with Crippen molar-refractivity contribution in [2.45, 2.75) is 120 Å². The van der Waals surface area contributed by atoms with Crippen LogP contribution in [0, 0.1) is 29.1 Å². The molecule has 0 aromatic heterocycles. The van der Waals surface area contributed by atoms with Crippen molar-refractivity contribution in [1.82, 2.24) is 21.3 Å². The van der Waals surface area contributed by atoms with Crippen LogP contribution in [0.4, 0.5) is 0 Å². The largest absolute Gasteiger partial charge is 0.376 e. The van der Waals surface area contributed by atoms with Crippen LogP contribution in [0.1, 0.15) is 78.1 Å². The minimum absolute atomic E-state index is 0.0115. The number of ether oxygens (including phenoxy) is 1. The first-order chi connectivity index (χ1) is 17.4. The summed E-state index contributed by atoms with van der Waals surface area (Å²) in [5.41, 5.74) is 0. The zero-order valence-electron chi connectivity index (χ0n) is 21.8. The molecular weight excluding hydrogens is 478 g/mol. The third-order valence-corrected chi connectivity index (χ3v) is 9.39. The maximum atomic E-state index is 12.8. The summed E-state index contributed by atoms with van der Waals surface area (Å²) in [6.07, 6.45) is 9.62. The molecule has 2 amide bonds. The molecule has 9 heteroatoms. The highest BCUT2D eigenvalue weighted by Gasteiger charge is 2.47. The summed E-state index contributed by atoms with van der Waals surface area (Å²) < 4.78 is 5.99. The lowest BCUT2D eigenvalue weighted by Crippen LogP contribution is -2.66. The second-order valence-electron chi connectivity index (χ2n) is 11.4. The molecule has 202 valence electrons. The summed E-state index contributed by atoms with van der Waals surface area (Å²) in [5, 5.41) is 23.6. The maximum absolute atomic E-state index is 12.8. The zero-order valence-corrected chi connectivity index (χ0v) is 22.6. The Morgan fingerprint density at radius 3 is 2.50 bits per heavy atom. The minimum atomic E-state index is -0.148. The number of carbonyl (C=O) groups excluding carboxylic acids is 2. The van der Waals surface area contributed by atoms with Crippen molar-refractivity contribution < 1.29 is 14.3 Å². The van der Waals surface area contributed by atoms with Crippen molar-refractivity contribution in [3.63, 3.8) is 0 Å². The third-order valence-electron chi connectivity index (χ3n) is 8.91. The lowest BCUT2D eigenvalue weighted by Gasteiger charge is -2.50. The molecule has 9 unspecified atom stereocenters. The molecule has 8 nitrogen and oxygen atoms in total. The maximum Gasteiger partial charge on any atom is 0.223 e. The summed E-state index contributed by atoms with van der Waals surface area (Å²) in [5.74, 6) is 0.342. The number of nitrogens with one attached hydrogen (secondary N) is 4. The number of hydrogen-bond acceptors (Lipinski definition) is 6. The van der Waals surface area contributed by atoms with Gasteiger partial charge in [0.1, 0.15) is 0 Å². The molecule has 0 aromatic rings. The molecule has 0 spiro atoms. The van der Waals surface area contributed by atoms with E-state index in [0.717, 1.165) is 57.8 Å². The van der Waals surface area contributed by atoms with E-state index in [-0.39, 0.29) is 71.3 Å². The highest BCUT2D eigenvalue weighted by molar-refractivity contribution is 6.21. The zero-order chi connectivity index (χ0) is 25.7. The number of rotatable bonds is 7. The Morgan fingerprint density at radius 1 is 1.06 bits per heavy atom. The fourth-order valence-corrected chi connectivity index (χ4v) is 7.48. The van der Waals surface area contributed by atoms with Crippen molar-refractivity contribution in [2.24, 2.45) is 17.8 Å². The Morgan fingerprint density at radius 2 is 1.83 bits per heavy atom. The molecular formula is C27H44ClN5O3. The van der Waals surface area contributed by atoms with Gasteiger partial charge in [-0.3, -0.25) is 9.59 Å². The van der Waals surface area contributed by atoms with Crippen LogP contribution in [-0.2, 0) is 14.3 Å². The number of amides is 2. The van der Waals surface area contributed by atoms with Gasteiger partial charge in [0, 0.05) is 50.2 Å². The number of nitriles is 1. The molecule has 0 bridgehead atoms. The van der Waals surface area contributed by atoms with Gasteiger partial charge < -0.3 is 26.0 Å². The number of fused-ring (bicyclic) bond motifs is 1. The fraction of sp³-hybridized carbons (Fsp3) is 0.889. The number of carbonyl (C=O) groups is 2. The van der Waals surface area contributed by atoms with Crippen LogP contribution in [0.25, 0.3) is 0 Å². The summed E-state index contributed by atoms with van der Waals surface area (Å²) in [4.78, 5) is 24.7. The molecule has 3 saturated carbocycles. The summed E-state index contributed by atoms with van der Waals surface area (Å²) >= 11 is 6.82. The van der Waals surface area contributed by atoms with Gasteiger partial charge in [-0.15, -0.1) is 11.6 Å². The highest BCUT2D eigenvalue weighted by atomic mass is 35.5. The predicted molar refractivity (Wildman–Crippen MR) is 139 cm³/mol. The van der Waals surface area contributed by atoms with Crippen molar-refractivity contribution in [2.75, 3.05) is 13.2 Å². The average molecular weight is 522 g/mol. The predicted octanol–water partition coefficient (Wildman–Crippen LogP) is 2.60. The fourth-order valence-electron chi connectivity index (χ4n) is 7.08. The summed E-state index contributed by atoms with van der Waals surface area (Å²) in [6.45, 7) is 4.79. The van der Waals surface area contributed by atoms with Crippen LogP contribution in [0.15, 0.2) is 0 Å². The third kappa shape index (κ3) is 6.72. The van der Waals surface area contributed by atoms with Gasteiger partial charge in [0.2, 0.25) is 11.8 Å². The lowest BCUT2D eigenvalue weighted by atomic mass is 9.69. The second kappa shape index (κ2) is 12.9. The molecule has 1 saturated heterocycles. The van der Waals surface area contributed by atoms with Gasteiger partial charge in [0.15, 0.2) is 0 Å². The van der Waals surface area contributed by atoms with Crippen LogP contribution in [0.5, 0.6) is 0 Å². The molecule has 4 aliphatic rings. The first-order valence-electron chi connectivity index (χ1n) is 14.1. The van der Waals surface area contributed by atoms with Crippen LogP contribution < -0.4 is 21.3 Å². The first-order valence-corrected chi connectivity index (χ1v) is 14.5. The molecule has 1 aliphatic heterocycles. The monoisotopic (exact) mass is 521 g/mol. The molecule has 4 N–H and O–H groups in total. The normalized spacial score (nSPS) is 39.4. The average Bonchev–Trinajstić information content (AvgIpc) is 2.86. The van der Waals surface area contributed by atoms with E-state index in [9.17, 15) is 14.9 Å². The van der Waals surface area contributed by atoms with Gasteiger partial charge >= 0.3 is 0 Å². The van der Waals surface area contributed by atoms with E-state index in [1.807, 2.05) is 6.92 Å². The molecule has 36 heavy (non-hydrogen) atoms. The first kappa shape index (κ1) is 27.6. The van der Waals surface area contributed by atoms with E-state index in [1.54, 1.807) is 6.92 Å². The van der Waals surface area contributed by atoms with E-state index >= 15 is 0 Å². The van der Waals surface area contributed by atoms with Gasteiger partial charge in [0.05, 0.1) is 29.5 Å². The lowest BCUT2D eigenvalue weighted by molar-refractivity contribution is -0.127. The van der Waals surface area contributed by atoms with Gasteiger partial charge in [0.25, 0.3) is 0 Å². The highest BCUT2D eigenvalue weighted by Crippen LogP contribution is 2.36. The van der Waals surface area contributed by atoms with Crippen molar-refractivity contribution in [3.05, 3.63) is 0 Å². The van der Waals surface area contributed by atoms with E-state index in [4.69, 9.17) is 16.3 Å². The van der Waals surface area contributed by atoms with Gasteiger partial charge in [-0.2, -0.15) is 5.26 Å². The molecule has 4 rings (SSSR count). The number of alkyl halides is 1. The van der Waals surface area contributed by atoms with E-state index in [1.165, 1.54) is 6.42 Å². The van der Waals surface area contributed by atoms with Crippen LogP contribution in [0.2, 0.25) is 0 Å². The van der Waals surface area contributed by atoms with E-state index in [2.05, 4.69) is 27.3 Å². The molecule has 1 heterocycles. The van der Waals surface area contributed by atoms with E-state index < -0.39 is 0 Å². The van der Waals surface area contributed by atoms with E-state index in [0.29, 0.717) is 13.2 Å². The molecule has 9 atom stereocenters. The summed E-state index contributed by atoms with van der Waals surface area (Å²) in [7, 11) is 0. The Balaban J connectivity index is 1.37. The SMILES string of the molecule is CCOC1CC2NCC(C#N)C(NC3CCC(NC(=O)C4CCCCC4)C(Cl)C3)C2CC1NC(C)=O. The van der Waals surface area contributed by atoms with Gasteiger partial charge in [-0.25, -0.2) is 0 Å². The number of halogens is 1. The number of hydrogen-bond donors (Lipinski definition) is 4. The minimum Gasteiger partial charge on any atom is -0.376 e. The molecule has 0 radical (unpaired) electrons. The smallest absolute Gasteiger partial charge is 0.223 e. The molecule has 0 aromatic carbocycles. The standard InChI is InChI=1S/C27H44ClN5O3/c1-3-36-25-13-23-20(12-24(25)31-16(2)34)26(18(14-29)15-30-23)32-19-9-10-22(21(28)11-19)33-27(35)17-7-5-4-6-8-17/h17-26,30,32H,3-13,15H2,1-2H3,(H,31,34)(H,33,35). The number of piperidine rings is 1. The van der Waals surface area contributed by atoms with Crippen LogP contribution in [0.3, 0.4) is 0 Å². The Kier molecular flexibility index (Phi) is 9.91. The quantitative estimate of drug-likeness (QED) is 0.383. The molecule has 4 fully saturated rings. The number of nitrogens with zero attached hydrogens (tertiary/aromatic N) is 1. The summed E-state index contributed by atoms with van der Waals surface area (Å²) in [6, 6.07) is 2.95. The Labute approximate surface area is 221 Å². The van der Waals surface area contributed by atoms with Crippen LogP contribution in [-0.4, -0.2) is 66.7 Å². The van der Waals surface area contributed by atoms with Gasteiger partial charge in [-0.1, -0.05) is 19.3 Å². The van der Waals surface area contributed by atoms with Crippen molar-refractivity contribution >= 4 is 23.4 Å². The van der Waals surface area contributed by atoms with Gasteiger partial charge in [-0.05, 0) is 57.8 Å². The Bertz CT molecular complexity index is 801. The topological polar surface area (TPSA) is 115 Å². The molecule has 3 aliphatic carbocycles. The second-order valence-corrected chi connectivity index (χ2v) is 11.9. The van der Waals surface area contributed by atoms with Crippen molar-refractivity contribution in [3.8, 4) is 6.07 Å². The van der Waals surface area contributed by atoms with Crippen LogP contribution >= 0.6 is 11.6 Å².